The van der Waals surface area contributed by atoms with Gasteiger partial charge in [0, 0.05) is 31.9 Å². The van der Waals surface area contributed by atoms with Gasteiger partial charge in [0.05, 0.1) is 23.6 Å². The number of anilines is 1. The van der Waals surface area contributed by atoms with Crippen LogP contribution in [0.5, 0.6) is 0 Å². The van der Waals surface area contributed by atoms with Crippen LogP contribution >= 0.6 is 11.5 Å². The number of methoxy groups -OCH3 is 1. The zero-order chi connectivity index (χ0) is 15.7. The number of nitrogens with zero attached hydrogens (tertiary/aromatic N) is 4. The molecule has 0 spiro atoms. The first-order valence-corrected chi connectivity index (χ1v) is 9.25. The van der Waals surface area contributed by atoms with Gasteiger partial charge in [0.1, 0.15) is 0 Å². The van der Waals surface area contributed by atoms with Crippen LogP contribution < -0.4 is 4.72 Å². The molecule has 1 fully saturated rings. The number of ether oxygens (including phenoxy) is 1. The van der Waals surface area contributed by atoms with Gasteiger partial charge in [0.25, 0.3) is 0 Å². The first kappa shape index (κ1) is 15.4. The highest BCUT2D eigenvalue weighted by Crippen LogP contribution is 2.34. The minimum atomic E-state index is -3.50. The molecule has 1 aliphatic carbocycles. The minimum Gasteiger partial charge on any atom is -0.380 e. The third-order valence-corrected chi connectivity index (χ3v) is 5.50. The van der Waals surface area contributed by atoms with E-state index in [2.05, 4.69) is 19.2 Å². The van der Waals surface area contributed by atoms with Crippen LogP contribution in [-0.4, -0.2) is 46.5 Å². The van der Waals surface area contributed by atoms with E-state index in [-0.39, 0.29) is 17.0 Å². The molecule has 0 bridgehead atoms. The number of aryl methyl sites for hydroxylation is 1. The Morgan fingerprint density at radius 2 is 2.32 bits per heavy atom. The van der Waals surface area contributed by atoms with E-state index in [1.54, 1.807) is 31.2 Å². The standard InChI is InChI=1S/C12H17N5O3S2/c1-17-6-9(5-13-17)11-14-12(21-15-11)16-22(18,19)7-10(20-2)8-3-4-8/h5-6,8,10H,3-4,7H2,1-2H3,(H,14,15,16). The van der Waals surface area contributed by atoms with E-state index in [1.807, 2.05) is 0 Å². The van der Waals surface area contributed by atoms with Crippen molar-refractivity contribution < 1.29 is 13.2 Å². The molecule has 1 unspecified atom stereocenters. The number of aromatic nitrogens is 4. The molecule has 0 amide bonds. The zero-order valence-corrected chi connectivity index (χ0v) is 13.9. The Labute approximate surface area is 132 Å². The number of nitrogens with one attached hydrogen (secondary N) is 1. The summed E-state index contributed by atoms with van der Waals surface area (Å²) in [7, 11) is -0.163. The van der Waals surface area contributed by atoms with Crippen LogP contribution in [0.1, 0.15) is 12.8 Å². The minimum absolute atomic E-state index is 0.0596. The van der Waals surface area contributed by atoms with E-state index in [4.69, 9.17) is 4.74 Å². The fourth-order valence-electron chi connectivity index (χ4n) is 2.17. The number of rotatable bonds is 7. The predicted octanol–water partition coefficient (Wildman–Crippen LogP) is 1.11. The van der Waals surface area contributed by atoms with Gasteiger partial charge >= 0.3 is 0 Å². The van der Waals surface area contributed by atoms with Gasteiger partial charge < -0.3 is 4.74 Å². The Kier molecular flexibility index (Phi) is 4.15. The molecule has 1 saturated carbocycles. The predicted molar refractivity (Wildman–Crippen MR) is 83.0 cm³/mol. The lowest BCUT2D eigenvalue weighted by molar-refractivity contribution is 0.103. The summed E-state index contributed by atoms with van der Waals surface area (Å²) < 4.78 is 37.9. The fourth-order valence-corrected chi connectivity index (χ4v) is 4.39. The molecule has 1 aliphatic rings. The average molecular weight is 343 g/mol. The van der Waals surface area contributed by atoms with Gasteiger partial charge in [-0.2, -0.15) is 14.5 Å². The van der Waals surface area contributed by atoms with E-state index in [0.29, 0.717) is 11.7 Å². The van der Waals surface area contributed by atoms with Crippen molar-refractivity contribution in [1.82, 2.24) is 19.1 Å². The van der Waals surface area contributed by atoms with Gasteiger partial charge in [-0.05, 0) is 18.8 Å². The van der Waals surface area contributed by atoms with Crippen LogP contribution in [0.15, 0.2) is 12.4 Å². The fraction of sp³-hybridized carbons (Fsp3) is 0.583. The molecule has 2 heterocycles. The topological polar surface area (TPSA) is 99.0 Å². The van der Waals surface area contributed by atoms with E-state index < -0.39 is 10.0 Å². The Morgan fingerprint density at radius 1 is 1.55 bits per heavy atom. The molecular formula is C12H17N5O3S2. The van der Waals surface area contributed by atoms with Crippen LogP contribution in [0.2, 0.25) is 0 Å². The average Bonchev–Trinajstić information content (AvgIpc) is 3.06. The summed E-state index contributed by atoms with van der Waals surface area (Å²) in [5.41, 5.74) is 0.747. The highest BCUT2D eigenvalue weighted by Gasteiger charge is 2.34. The normalized spacial score (nSPS) is 16.6. The Hall–Kier alpha value is -1.52. The molecule has 1 atom stereocenters. The first-order valence-electron chi connectivity index (χ1n) is 6.83. The molecule has 1 N–H and O–H groups in total. The molecular weight excluding hydrogens is 326 g/mol. The largest absolute Gasteiger partial charge is 0.380 e. The maximum atomic E-state index is 12.2. The van der Waals surface area contributed by atoms with Crippen molar-refractivity contribution in [3.05, 3.63) is 12.4 Å². The maximum absolute atomic E-state index is 12.2. The first-order chi connectivity index (χ1) is 10.5. The summed E-state index contributed by atoms with van der Waals surface area (Å²) in [6.45, 7) is 0. The van der Waals surface area contributed by atoms with Crippen LogP contribution in [-0.2, 0) is 21.8 Å². The molecule has 0 saturated heterocycles. The summed E-state index contributed by atoms with van der Waals surface area (Å²) >= 11 is 1.01. The molecule has 0 aliphatic heterocycles. The molecule has 120 valence electrons. The zero-order valence-electron chi connectivity index (χ0n) is 12.3. The maximum Gasteiger partial charge on any atom is 0.237 e. The smallest absolute Gasteiger partial charge is 0.237 e. The van der Waals surface area contributed by atoms with Gasteiger partial charge in [-0.15, -0.1) is 0 Å². The molecule has 3 rings (SSSR count). The van der Waals surface area contributed by atoms with Gasteiger partial charge in [-0.3, -0.25) is 9.40 Å². The third kappa shape index (κ3) is 3.62. The lowest BCUT2D eigenvalue weighted by Gasteiger charge is -2.14. The highest BCUT2D eigenvalue weighted by atomic mass is 32.2. The number of hydrogen-bond donors (Lipinski definition) is 1. The summed E-state index contributed by atoms with van der Waals surface area (Å²) in [6, 6.07) is 0. The van der Waals surface area contributed by atoms with E-state index in [0.717, 1.165) is 29.9 Å². The van der Waals surface area contributed by atoms with Crippen LogP contribution in [0.3, 0.4) is 0 Å². The van der Waals surface area contributed by atoms with Crippen molar-refractivity contribution in [3.8, 4) is 11.4 Å². The van der Waals surface area contributed by atoms with Crippen LogP contribution in [0.4, 0.5) is 5.13 Å². The SMILES string of the molecule is COC(CS(=O)(=O)Nc1nc(-c2cnn(C)c2)ns1)C1CC1. The Balaban J connectivity index is 1.68. The summed E-state index contributed by atoms with van der Waals surface area (Å²) in [5, 5.41) is 4.29. The van der Waals surface area contributed by atoms with Crippen molar-refractivity contribution >= 4 is 26.7 Å². The molecule has 0 radical (unpaired) electrons. The molecule has 10 heteroatoms. The summed E-state index contributed by atoms with van der Waals surface area (Å²) in [4.78, 5) is 4.20. The van der Waals surface area contributed by atoms with E-state index >= 15 is 0 Å². The molecule has 2 aromatic rings. The summed E-state index contributed by atoms with van der Waals surface area (Å²) in [5.74, 6) is 0.749. The van der Waals surface area contributed by atoms with Crippen LogP contribution in [0, 0.1) is 5.92 Å². The Morgan fingerprint density at radius 3 is 2.91 bits per heavy atom. The van der Waals surface area contributed by atoms with Crippen molar-refractivity contribution in [2.75, 3.05) is 17.6 Å². The molecule has 0 aromatic carbocycles. The Bertz CT molecular complexity index is 750. The third-order valence-electron chi connectivity index (χ3n) is 3.47. The second-order valence-electron chi connectivity index (χ2n) is 5.32. The number of hydrogen-bond acceptors (Lipinski definition) is 7. The van der Waals surface area contributed by atoms with Crippen molar-refractivity contribution in [3.63, 3.8) is 0 Å². The van der Waals surface area contributed by atoms with Gasteiger partial charge in [-0.25, -0.2) is 8.42 Å². The second kappa shape index (κ2) is 5.94. The number of sulfonamides is 1. The van der Waals surface area contributed by atoms with Gasteiger partial charge in [0.2, 0.25) is 15.2 Å². The quantitative estimate of drug-likeness (QED) is 0.808. The highest BCUT2D eigenvalue weighted by molar-refractivity contribution is 7.92. The van der Waals surface area contributed by atoms with Crippen molar-refractivity contribution in [2.45, 2.75) is 18.9 Å². The van der Waals surface area contributed by atoms with Crippen molar-refractivity contribution in [1.29, 1.82) is 0 Å². The molecule has 8 nitrogen and oxygen atoms in total. The summed E-state index contributed by atoms with van der Waals surface area (Å²) in [6.07, 6.45) is 5.20. The lowest BCUT2D eigenvalue weighted by Crippen LogP contribution is -2.29. The van der Waals surface area contributed by atoms with Gasteiger partial charge in [0.15, 0.2) is 5.82 Å². The van der Waals surface area contributed by atoms with E-state index in [9.17, 15) is 8.42 Å². The second-order valence-corrected chi connectivity index (χ2v) is 7.84. The van der Waals surface area contributed by atoms with E-state index in [1.165, 1.54) is 0 Å². The van der Waals surface area contributed by atoms with Crippen molar-refractivity contribution in [2.24, 2.45) is 13.0 Å². The monoisotopic (exact) mass is 343 g/mol. The van der Waals surface area contributed by atoms with Gasteiger partial charge in [-0.1, -0.05) is 0 Å². The molecule has 22 heavy (non-hydrogen) atoms. The van der Waals surface area contributed by atoms with Crippen LogP contribution in [0.25, 0.3) is 11.4 Å². The lowest BCUT2D eigenvalue weighted by atomic mass is 10.3. The molecule has 2 aromatic heterocycles.